The van der Waals surface area contributed by atoms with Crippen LogP contribution < -0.4 is 10.2 Å². The van der Waals surface area contributed by atoms with E-state index in [1.165, 1.54) is 28.7 Å². The zero-order chi connectivity index (χ0) is 20.7. The van der Waals surface area contributed by atoms with Gasteiger partial charge in [0.15, 0.2) is 9.84 Å². The molecular weight excluding hydrogens is 416 g/mol. The largest absolute Gasteiger partial charge is 0.367 e. The van der Waals surface area contributed by atoms with Crippen LogP contribution in [0.2, 0.25) is 0 Å². The number of hydrogen-bond acceptors (Lipinski definition) is 7. The Balaban J connectivity index is 1.40. The minimum Gasteiger partial charge on any atom is -0.367 e. The van der Waals surface area contributed by atoms with Crippen LogP contribution in [0, 0.1) is 0 Å². The predicted octanol–water partition coefficient (Wildman–Crippen LogP) is 4.40. The first-order chi connectivity index (χ1) is 14.5. The summed E-state index contributed by atoms with van der Waals surface area (Å²) in [4.78, 5) is 12.7. The topological polar surface area (TPSA) is 75.2 Å². The maximum atomic E-state index is 11.9. The van der Waals surface area contributed by atoms with Gasteiger partial charge < -0.3 is 10.2 Å². The van der Waals surface area contributed by atoms with E-state index in [1.807, 2.05) is 23.5 Å². The molecule has 0 saturated carbocycles. The molecule has 30 heavy (non-hydrogen) atoms. The molecule has 0 radical (unpaired) electrons. The normalized spacial score (nSPS) is 14.0. The van der Waals surface area contributed by atoms with Gasteiger partial charge in [-0.2, -0.15) is 0 Å². The smallest absolute Gasteiger partial charge is 0.175 e. The Morgan fingerprint density at radius 3 is 2.70 bits per heavy atom. The third kappa shape index (κ3) is 3.64. The third-order valence-electron chi connectivity index (χ3n) is 5.34. The highest BCUT2D eigenvalue weighted by Crippen LogP contribution is 2.30. The highest BCUT2D eigenvalue weighted by molar-refractivity contribution is 7.90. The molecule has 3 heterocycles. The van der Waals surface area contributed by atoms with Gasteiger partial charge in [0, 0.05) is 41.0 Å². The van der Waals surface area contributed by atoms with Crippen molar-refractivity contribution in [2.24, 2.45) is 0 Å². The lowest BCUT2D eigenvalue weighted by Gasteiger charge is -2.29. The summed E-state index contributed by atoms with van der Waals surface area (Å²) in [6.45, 7) is 1.96. The van der Waals surface area contributed by atoms with Crippen molar-refractivity contribution in [1.29, 1.82) is 0 Å². The van der Waals surface area contributed by atoms with E-state index >= 15 is 0 Å². The van der Waals surface area contributed by atoms with Crippen LogP contribution in [0.4, 0.5) is 17.2 Å². The molecule has 6 nitrogen and oxygen atoms in total. The monoisotopic (exact) mass is 436 g/mol. The summed E-state index contributed by atoms with van der Waals surface area (Å²) in [7, 11) is -3.31. The van der Waals surface area contributed by atoms with Gasteiger partial charge in [-0.25, -0.2) is 18.4 Å². The molecule has 0 atom stereocenters. The molecule has 2 aromatic carbocycles. The van der Waals surface area contributed by atoms with Crippen LogP contribution in [-0.2, 0) is 22.8 Å². The minimum atomic E-state index is -3.31. The number of benzene rings is 2. The second-order valence-corrected chi connectivity index (χ2v) is 10.4. The van der Waals surface area contributed by atoms with Crippen molar-refractivity contribution >= 4 is 49.3 Å². The molecule has 0 unspecified atom stereocenters. The van der Waals surface area contributed by atoms with Crippen molar-refractivity contribution in [2.75, 3.05) is 23.0 Å². The van der Waals surface area contributed by atoms with Crippen LogP contribution in [0.25, 0.3) is 10.9 Å². The molecular formula is C22H20N4O2S2. The van der Waals surface area contributed by atoms with Gasteiger partial charge in [-0.1, -0.05) is 0 Å². The van der Waals surface area contributed by atoms with Crippen molar-refractivity contribution in [3.63, 3.8) is 0 Å². The van der Waals surface area contributed by atoms with E-state index in [0.29, 0.717) is 16.7 Å². The molecule has 0 aliphatic carbocycles. The van der Waals surface area contributed by atoms with Crippen LogP contribution in [-0.4, -0.2) is 31.2 Å². The summed E-state index contributed by atoms with van der Waals surface area (Å²) in [6.07, 6.45) is 3.76. The number of nitrogens with one attached hydrogen (secondary N) is 1. The Morgan fingerprint density at radius 2 is 1.90 bits per heavy atom. The Morgan fingerprint density at radius 1 is 1.07 bits per heavy atom. The first kappa shape index (κ1) is 19.0. The number of hydrogen-bond donors (Lipinski definition) is 1. The van der Waals surface area contributed by atoms with Gasteiger partial charge >= 0.3 is 0 Å². The molecule has 1 aliphatic heterocycles. The van der Waals surface area contributed by atoms with Gasteiger partial charge in [-0.05, 0) is 65.9 Å². The highest BCUT2D eigenvalue weighted by Gasteiger charge is 2.17. The van der Waals surface area contributed by atoms with Crippen LogP contribution in [0.3, 0.4) is 0 Å². The van der Waals surface area contributed by atoms with Crippen molar-refractivity contribution in [2.45, 2.75) is 17.9 Å². The van der Waals surface area contributed by atoms with Gasteiger partial charge in [0.1, 0.15) is 12.1 Å². The summed E-state index contributed by atoms with van der Waals surface area (Å²) < 4.78 is 23.9. The first-order valence-corrected chi connectivity index (χ1v) is 12.4. The molecule has 0 amide bonds. The molecule has 152 valence electrons. The Labute approximate surface area is 179 Å². The number of anilines is 3. The van der Waals surface area contributed by atoms with E-state index in [2.05, 4.69) is 43.8 Å². The maximum absolute atomic E-state index is 11.9. The lowest BCUT2D eigenvalue weighted by Crippen LogP contribution is -2.29. The number of rotatable bonds is 4. The Bertz CT molecular complexity index is 1330. The number of thiophene rings is 1. The van der Waals surface area contributed by atoms with Crippen molar-refractivity contribution < 1.29 is 8.42 Å². The zero-order valence-electron chi connectivity index (χ0n) is 16.4. The average molecular weight is 437 g/mol. The van der Waals surface area contributed by atoms with E-state index in [4.69, 9.17) is 0 Å². The molecule has 8 heteroatoms. The highest BCUT2D eigenvalue weighted by atomic mass is 32.2. The molecule has 1 N–H and O–H groups in total. The molecule has 0 bridgehead atoms. The lowest BCUT2D eigenvalue weighted by atomic mass is 10.1. The van der Waals surface area contributed by atoms with Crippen LogP contribution >= 0.6 is 11.3 Å². The fourth-order valence-corrected chi connectivity index (χ4v) is 5.26. The molecule has 2 aromatic heterocycles. The van der Waals surface area contributed by atoms with E-state index in [-0.39, 0.29) is 4.90 Å². The van der Waals surface area contributed by atoms with Gasteiger partial charge in [0.2, 0.25) is 0 Å². The number of aromatic nitrogens is 2. The van der Waals surface area contributed by atoms with Crippen LogP contribution in [0.15, 0.2) is 65.1 Å². The fourth-order valence-electron chi connectivity index (χ4n) is 3.73. The number of nitrogens with zero attached hydrogens (tertiary/aromatic N) is 3. The van der Waals surface area contributed by atoms with Crippen LogP contribution in [0.5, 0.6) is 0 Å². The number of fused-ring (bicyclic) bond motifs is 2. The summed E-state index contributed by atoms with van der Waals surface area (Å²) in [5.41, 5.74) is 4.18. The molecule has 1 aliphatic rings. The van der Waals surface area contributed by atoms with Gasteiger partial charge in [-0.15, -0.1) is 11.3 Å². The van der Waals surface area contributed by atoms with E-state index in [9.17, 15) is 8.42 Å². The Kier molecular flexibility index (Phi) is 4.67. The van der Waals surface area contributed by atoms with Crippen molar-refractivity contribution in [3.05, 3.63) is 70.7 Å². The second-order valence-electron chi connectivity index (χ2n) is 7.39. The molecule has 5 rings (SSSR count). The van der Waals surface area contributed by atoms with Crippen LogP contribution in [0.1, 0.15) is 10.4 Å². The van der Waals surface area contributed by atoms with E-state index in [1.54, 1.807) is 18.2 Å². The Hall–Kier alpha value is -2.97. The fraction of sp³-hybridized carbons (Fsp3) is 0.182. The molecule has 0 saturated heterocycles. The second kappa shape index (κ2) is 7.37. The maximum Gasteiger partial charge on any atom is 0.175 e. The first-order valence-electron chi connectivity index (χ1n) is 9.59. The van der Waals surface area contributed by atoms with Crippen molar-refractivity contribution in [1.82, 2.24) is 9.97 Å². The molecule has 0 spiro atoms. The van der Waals surface area contributed by atoms with E-state index < -0.39 is 9.84 Å². The average Bonchev–Trinajstić information content (AvgIpc) is 3.21. The molecule has 0 fully saturated rings. The summed E-state index contributed by atoms with van der Waals surface area (Å²) >= 11 is 1.84. The quantitative estimate of drug-likeness (QED) is 0.511. The summed E-state index contributed by atoms with van der Waals surface area (Å²) in [5.74, 6) is 0.583. The van der Waals surface area contributed by atoms with Gasteiger partial charge in [-0.3, -0.25) is 0 Å². The summed E-state index contributed by atoms with van der Waals surface area (Å²) in [6, 6.07) is 15.4. The lowest BCUT2D eigenvalue weighted by molar-refractivity contribution is 0.602. The third-order valence-corrected chi connectivity index (χ3v) is 7.47. The number of sulfone groups is 1. The standard InChI is InChI=1S/C22H20N4O2S2/c1-30(27,28)18-6-7-20-19(12-18)22(24-14-23-20)25-16-2-4-17(5-3-16)26-10-8-21-15(13-26)9-11-29-21/h2-7,9,11-12,14H,8,10,13H2,1H3,(H,23,24,25). The predicted molar refractivity (Wildman–Crippen MR) is 121 cm³/mol. The minimum absolute atomic E-state index is 0.251. The summed E-state index contributed by atoms with van der Waals surface area (Å²) in [5, 5.41) is 6.15. The zero-order valence-corrected chi connectivity index (χ0v) is 18.0. The molecule has 4 aromatic rings. The van der Waals surface area contributed by atoms with Gasteiger partial charge in [0.05, 0.1) is 10.4 Å². The van der Waals surface area contributed by atoms with Crippen molar-refractivity contribution in [3.8, 4) is 0 Å². The van der Waals surface area contributed by atoms with Gasteiger partial charge in [0.25, 0.3) is 0 Å². The van der Waals surface area contributed by atoms with E-state index in [0.717, 1.165) is 25.2 Å². The SMILES string of the molecule is CS(=O)(=O)c1ccc2ncnc(Nc3ccc(N4CCc5sccc5C4)cc3)c2c1.